The summed E-state index contributed by atoms with van der Waals surface area (Å²) in [4.78, 5) is 1.96. The summed E-state index contributed by atoms with van der Waals surface area (Å²) in [6.45, 7) is 6.12. The first-order valence-corrected chi connectivity index (χ1v) is 7.12. The van der Waals surface area contributed by atoms with Crippen molar-refractivity contribution in [2.75, 3.05) is 18.4 Å². The Morgan fingerprint density at radius 2 is 1.70 bits per heavy atom. The van der Waals surface area contributed by atoms with Crippen molar-refractivity contribution in [1.82, 2.24) is 10.2 Å². The summed E-state index contributed by atoms with van der Waals surface area (Å²) < 4.78 is 0. The standard InChI is InChI=1S/C15H23N5/c1-11(2)12-5-7-13(8-6-12)18-14(16)19-15(17)20-9-3-4-10-20/h5-8,11H,3-4,9-10H2,1-2H3,(H4,16,17,18,19). The van der Waals surface area contributed by atoms with E-state index in [-0.39, 0.29) is 5.96 Å². The van der Waals surface area contributed by atoms with Crippen molar-refractivity contribution in [2.24, 2.45) is 0 Å². The van der Waals surface area contributed by atoms with Crippen LogP contribution < -0.4 is 10.6 Å². The van der Waals surface area contributed by atoms with E-state index in [1.807, 2.05) is 17.0 Å². The lowest BCUT2D eigenvalue weighted by atomic mass is 10.0. The SMILES string of the molecule is CC(C)c1ccc(NC(=N)NC(=N)N2CCCC2)cc1. The second-order valence-corrected chi connectivity index (χ2v) is 5.44. The van der Waals surface area contributed by atoms with Gasteiger partial charge in [-0.3, -0.25) is 16.1 Å². The molecule has 0 saturated carbocycles. The average Bonchev–Trinajstić information content (AvgIpc) is 2.93. The molecule has 0 radical (unpaired) electrons. The Morgan fingerprint density at radius 1 is 1.10 bits per heavy atom. The molecule has 0 amide bonds. The summed E-state index contributed by atoms with van der Waals surface area (Å²) in [5, 5.41) is 21.5. The fourth-order valence-electron chi connectivity index (χ4n) is 2.27. The van der Waals surface area contributed by atoms with Crippen LogP contribution in [0.2, 0.25) is 0 Å². The zero-order chi connectivity index (χ0) is 14.5. The fraction of sp³-hybridized carbons (Fsp3) is 0.467. The lowest BCUT2D eigenvalue weighted by Crippen LogP contribution is -2.44. The highest BCUT2D eigenvalue weighted by atomic mass is 15.3. The monoisotopic (exact) mass is 273 g/mol. The van der Waals surface area contributed by atoms with Crippen LogP contribution in [0.4, 0.5) is 5.69 Å². The molecular weight excluding hydrogens is 250 g/mol. The zero-order valence-corrected chi connectivity index (χ0v) is 12.2. The topological polar surface area (TPSA) is 75.0 Å². The molecule has 0 unspecified atom stereocenters. The molecule has 0 atom stereocenters. The molecule has 1 saturated heterocycles. The number of benzene rings is 1. The van der Waals surface area contributed by atoms with Crippen molar-refractivity contribution < 1.29 is 0 Å². The van der Waals surface area contributed by atoms with Crippen LogP contribution in [0.1, 0.15) is 38.2 Å². The predicted octanol–water partition coefficient (Wildman–Crippen LogP) is 2.78. The summed E-state index contributed by atoms with van der Waals surface area (Å²) in [5.41, 5.74) is 2.14. The largest absolute Gasteiger partial charge is 0.343 e. The van der Waals surface area contributed by atoms with Crippen LogP contribution in [0, 0.1) is 10.8 Å². The predicted molar refractivity (Wildman–Crippen MR) is 83.5 cm³/mol. The smallest absolute Gasteiger partial charge is 0.199 e. The Morgan fingerprint density at radius 3 is 2.25 bits per heavy atom. The van der Waals surface area contributed by atoms with Gasteiger partial charge in [0.2, 0.25) is 0 Å². The van der Waals surface area contributed by atoms with E-state index in [1.54, 1.807) is 0 Å². The van der Waals surface area contributed by atoms with Gasteiger partial charge in [-0.05, 0) is 36.5 Å². The van der Waals surface area contributed by atoms with Crippen molar-refractivity contribution in [3.05, 3.63) is 29.8 Å². The van der Waals surface area contributed by atoms with Gasteiger partial charge in [0, 0.05) is 18.8 Å². The Kier molecular flexibility index (Phi) is 4.61. The van der Waals surface area contributed by atoms with Crippen molar-refractivity contribution >= 4 is 17.6 Å². The second-order valence-electron chi connectivity index (χ2n) is 5.44. The van der Waals surface area contributed by atoms with Crippen LogP contribution >= 0.6 is 0 Å². The Balaban J connectivity index is 1.86. The van der Waals surface area contributed by atoms with Gasteiger partial charge in [0.05, 0.1) is 0 Å². The molecule has 5 nitrogen and oxygen atoms in total. The molecule has 0 aliphatic carbocycles. The summed E-state index contributed by atoms with van der Waals surface area (Å²) in [6, 6.07) is 8.05. The zero-order valence-electron chi connectivity index (χ0n) is 12.2. The Labute approximate surface area is 120 Å². The summed E-state index contributed by atoms with van der Waals surface area (Å²) in [5.74, 6) is 0.947. The number of guanidine groups is 2. The van der Waals surface area contributed by atoms with Crippen LogP contribution in [0.5, 0.6) is 0 Å². The number of hydrogen-bond acceptors (Lipinski definition) is 2. The minimum Gasteiger partial charge on any atom is -0.343 e. The normalized spacial score (nSPS) is 14.4. The number of nitrogens with one attached hydrogen (secondary N) is 4. The second kappa shape index (κ2) is 6.41. The summed E-state index contributed by atoms with van der Waals surface area (Å²) in [6.07, 6.45) is 2.25. The van der Waals surface area contributed by atoms with E-state index in [0.717, 1.165) is 31.6 Å². The molecule has 1 fully saturated rings. The van der Waals surface area contributed by atoms with Gasteiger partial charge in [-0.15, -0.1) is 0 Å². The molecule has 5 heteroatoms. The number of hydrogen-bond donors (Lipinski definition) is 4. The molecule has 108 valence electrons. The summed E-state index contributed by atoms with van der Waals surface area (Å²) >= 11 is 0. The maximum absolute atomic E-state index is 7.91. The third kappa shape index (κ3) is 3.73. The first-order chi connectivity index (χ1) is 9.56. The Bertz CT molecular complexity index is 472. The van der Waals surface area contributed by atoms with E-state index in [0.29, 0.717) is 11.9 Å². The van der Waals surface area contributed by atoms with E-state index in [9.17, 15) is 0 Å². The molecule has 1 aromatic carbocycles. The molecule has 1 aliphatic heterocycles. The van der Waals surface area contributed by atoms with Gasteiger partial charge in [0.15, 0.2) is 11.9 Å². The molecular formula is C15H23N5. The maximum Gasteiger partial charge on any atom is 0.199 e. The fourth-order valence-corrected chi connectivity index (χ4v) is 2.27. The minimum absolute atomic E-state index is 0.138. The highest BCUT2D eigenvalue weighted by molar-refractivity contribution is 6.02. The average molecular weight is 273 g/mol. The lowest BCUT2D eigenvalue weighted by molar-refractivity contribution is 0.502. The van der Waals surface area contributed by atoms with Gasteiger partial charge in [-0.25, -0.2) is 0 Å². The van der Waals surface area contributed by atoms with Gasteiger partial charge in [-0.1, -0.05) is 26.0 Å². The van der Waals surface area contributed by atoms with Crippen LogP contribution in [-0.2, 0) is 0 Å². The van der Waals surface area contributed by atoms with Crippen LogP contribution in [0.25, 0.3) is 0 Å². The molecule has 1 heterocycles. The number of rotatable bonds is 2. The molecule has 0 spiro atoms. The summed E-state index contributed by atoms with van der Waals surface area (Å²) in [7, 11) is 0. The molecule has 1 aliphatic rings. The molecule has 0 aromatic heterocycles. The van der Waals surface area contributed by atoms with Crippen LogP contribution in [0.15, 0.2) is 24.3 Å². The first-order valence-electron chi connectivity index (χ1n) is 7.12. The number of nitrogens with zero attached hydrogens (tertiary/aromatic N) is 1. The minimum atomic E-state index is 0.138. The van der Waals surface area contributed by atoms with Gasteiger partial charge in [-0.2, -0.15) is 0 Å². The third-order valence-electron chi connectivity index (χ3n) is 3.51. The molecule has 2 rings (SSSR count). The van der Waals surface area contributed by atoms with Crippen molar-refractivity contribution in [2.45, 2.75) is 32.6 Å². The number of anilines is 1. The van der Waals surface area contributed by atoms with E-state index >= 15 is 0 Å². The van der Waals surface area contributed by atoms with Crippen LogP contribution in [-0.4, -0.2) is 29.9 Å². The lowest BCUT2D eigenvalue weighted by Gasteiger charge is -2.20. The van der Waals surface area contributed by atoms with Gasteiger partial charge < -0.3 is 10.2 Å². The van der Waals surface area contributed by atoms with Crippen molar-refractivity contribution in [3.63, 3.8) is 0 Å². The van der Waals surface area contributed by atoms with Gasteiger partial charge in [0.25, 0.3) is 0 Å². The Hall–Kier alpha value is -2.04. The van der Waals surface area contributed by atoms with E-state index in [4.69, 9.17) is 10.8 Å². The molecule has 1 aromatic rings. The van der Waals surface area contributed by atoms with E-state index in [2.05, 4.69) is 36.6 Å². The van der Waals surface area contributed by atoms with Crippen LogP contribution in [0.3, 0.4) is 0 Å². The quantitative estimate of drug-likeness (QED) is 0.494. The van der Waals surface area contributed by atoms with E-state index < -0.39 is 0 Å². The van der Waals surface area contributed by atoms with E-state index in [1.165, 1.54) is 5.56 Å². The van der Waals surface area contributed by atoms with Crippen molar-refractivity contribution in [3.8, 4) is 0 Å². The van der Waals surface area contributed by atoms with Gasteiger partial charge >= 0.3 is 0 Å². The maximum atomic E-state index is 7.91. The first kappa shape index (κ1) is 14.4. The highest BCUT2D eigenvalue weighted by Crippen LogP contribution is 2.16. The highest BCUT2D eigenvalue weighted by Gasteiger charge is 2.15. The van der Waals surface area contributed by atoms with Crippen molar-refractivity contribution in [1.29, 1.82) is 10.8 Å². The molecule has 4 N–H and O–H groups in total. The number of likely N-dealkylation sites (tertiary alicyclic amines) is 1. The molecule has 0 bridgehead atoms. The third-order valence-corrected chi connectivity index (χ3v) is 3.51. The molecule has 20 heavy (non-hydrogen) atoms. The van der Waals surface area contributed by atoms with Gasteiger partial charge in [0.1, 0.15) is 0 Å².